The van der Waals surface area contributed by atoms with Crippen LogP contribution in [-0.4, -0.2) is 25.0 Å². The highest BCUT2D eigenvalue weighted by molar-refractivity contribution is 7.84. The van der Waals surface area contributed by atoms with E-state index in [-0.39, 0.29) is 5.82 Å². The van der Waals surface area contributed by atoms with Crippen molar-refractivity contribution in [2.45, 2.75) is 51.7 Å². The first-order valence-corrected chi connectivity index (χ1v) is 10.4. The van der Waals surface area contributed by atoms with E-state index < -0.39 is 10.8 Å². The van der Waals surface area contributed by atoms with Gasteiger partial charge in [-0.1, -0.05) is 19.1 Å². The summed E-state index contributed by atoms with van der Waals surface area (Å²) < 4.78 is 27.4. The van der Waals surface area contributed by atoms with Crippen molar-refractivity contribution in [2.75, 3.05) is 6.26 Å². The highest BCUT2D eigenvalue weighted by atomic mass is 32.2. The Labute approximate surface area is 155 Å². The molecule has 0 aliphatic carbocycles. The van der Waals surface area contributed by atoms with Gasteiger partial charge in [0.05, 0.1) is 27.5 Å². The fourth-order valence-corrected chi connectivity index (χ4v) is 3.74. The highest BCUT2D eigenvalue weighted by Crippen LogP contribution is 2.27. The van der Waals surface area contributed by atoms with E-state index in [9.17, 15) is 8.60 Å². The molecule has 1 unspecified atom stereocenters. The van der Waals surface area contributed by atoms with Crippen molar-refractivity contribution in [1.29, 1.82) is 0 Å². The molecule has 0 radical (unpaired) electrons. The van der Waals surface area contributed by atoms with E-state index in [2.05, 4.69) is 35.3 Å². The fraction of sp³-hybridized carbons (Fsp3) is 0.400. The molecule has 2 aromatic heterocycles. The third-order valence-electron chi connectivity index (χ3n) is 4.78. The molecule has 0 aliphatic heterocycles. The van der Waals surface area contributed by atoms with Crippen molar-refractivity contribution in [1.82, 2.24) is 14.5 Å². The van der Waals surface area contributed by atoms with Crippen LogP contribution < -0.4 is 0 Å². The average Bonchev–Trinajstić information content (AvgIpc) is 2.86. The van der Waals surface area contributed by atoms with Crippen LogP contribution in [0.4, 0.5) is 4.39 Å². The summed E-state index contributed by atoms with van der Waals surface area (Å²) in [5, 5.41) is 0.378. The molecule has 26 heavy (non-hydrogen) atoms. The lowest BCUT2D eigenvalue weighted by atomic mass is 10.1. The molecule has 0 saturated heterocycles. The van der Waals surface area contributed by atoms with Crippen LogP contribution in [0.25, 0.3) is 11.0 Å². The predicted octanol–water partition coefficient (Wildman–Crippen LogP) is 4.12. The maximum Gasteiger partial charge on any atom is 0.219 e. The molecular formula is C20H24FN3OS. The van der Waals surface area contributed by atoms with Gasteiger partial charge in [0.1, 0.15) is 5.82 Å². The van der Waals surface area contributed by atoms with Crippen LogP contribution in [0.2, 0.25) is 0 Å². The quantitative estimate of drug-likeness (QED) is 0.611. The minimum absolute atomic E-state index is 0.232. The van der Waals surface area contributed by atoms with Crippen molar-refractivity contribution in [3.63, 3.8) is 0 Å². The molecule has 0 spiro atoms. The summed E-state index contributed by atoms with van der Waals surface area (Å²) in [5.41, 5.74) is 6.20. The van der Waals surface area contributed by atoms with E-state index in [0.717, 1.165) is 47.2 Å². The Kier molecular flexibility index (Phi) is 5.51. The Hall–Kier alpha value is -2.08. The zero-order valence-electron chi connectivity index (χ0n) is 15.7. The molecule has 0 saturated carbocycles. The van der Waals surface area contributed by atoms with Crippen molar-refractivity contribution in [3.05, 3.63) is 52.6 Å². The second-order valence-electron chi connectivity index (χ2n) is 6.59. The van der Waals surface area contributed by atoms with E-state index in [1.165, 1.54) is 17.8 Å². The second kappa shape index (κ2) is 7.66. The SMILES string of the molecule is CCCn1c(C)c(C)c2nc(S(C)=O)nc(CCc3ccc(F)cc3)c21. The molecule has 3 rings (SSSR count). The molecule has 1 atom stereocenters. The van der Waals surface area contributed by atoms with Gasteiger partial charge in [0, 0.05) is 18.5 Å². The lowest BCUT2D eigenvalue weighted by Crippen LogP contribution is -2.07. The van der Waals surface area contributed by atoms with Crippen LogP contribution in [0.3, 0.4) is 0 Å². The van der Waals surface area contributed by atoms with Gasteiger partial charge in [0.15, 0.2) is 0 Å². The van der Waals surface area contributed by atoms with Gasteiger partial charge in [-0.25, -0.2) is 14.4 Å². The normalized spacial score (nSPS) is 12.7. The Morgan fingerprint density at radius 3 is 2.42 bits per heavy atom. The zero-order valence-corrected chi connectivity index (χ0v) is 16.5. The summed E-state index contributed by atoms with van der Waals surface area (Å²) in [7, 11) is -1.24. The molecule has 2 heterocycles. The van der Waals surface area contributed by atoms with Gasteiger partial charge < -0.3 is 4.57 Å². The van der Waals surface area contributed by atoms with Crippen molar-refractivity contribution in [3.8, 4) is 0 Å². The molecular weight excluding hydrogens is 349 g/mol. The fourth-order valence-electron chi connectivity index (χ4n) is 3.29. The summed E-state index contributed by atoms with van der Waals surface area (Å²) in [4.78, 5) is 9.21. The van der Waals surface area contributed by atoms with E-state index in [1.54, 1.807) is 18.4 Å². The van der Waals surface area contributed by atoms with Gasteiger partial charge in [-0.05, 0) is 56.4 Å². The maximum atomic E-state index is 13.1. The van der Waals surface area contributed by atoms with E-state index in [0.29, 0.717) is 11.6 Å². The van der Waals surface area contributed by atoms with Crippen LogP contribution >= 0.6 is 0 Å². The molecule has 0 amide bonds. The molecule has 1 aromatic carbocycles. The minimum Gasteiger partial charge on any atom is -0.342 e. The van der Waals surface area contributed by atoms with Crippen LogP contribution in [0, 0.1) is 19.7 Å². The number of aryl methyl sites for hydroxylation is 4. The number of rotatable bonds is 6. The largest absolute Gasteiger partial charge is 0.342 e. The second-order valence-corrected chi connectivity index (χ2v) is 7.87. The Morgan fingerprint density at radius 1 is 1.12 bits per heavy atom. The summed E-state index contributed by atoms with van der Waals surface area (Å²) >= 11 is 0. The molecule has 0 bridgehead atoms. The number of halogens is 1. The van der Waals surface area contributed by atoms with Crippen LogP contribution in [-0.2, 0) is 30.2 Å². The van der Waals surface area contributed by atoms with Gasteiger partial charge >= 0.3 is 0 Å². The van der Waals surface area contributed by atoms with Crippen molar-refractivity contribution in [2.24, 2.45) is 0 Å². The Morgan fingerprint density at radius 2 is 1.81 bits per heavy atom. The average molecular weight is 373 g/mol. The molecule has 6 heteroatoms. The summed E-state index contributed by atoms with van der Waals surface area (Å²) in [6.45, 7) is 7.20. The number of hydrogen-bond acceptors (Lipinski definition) is 3. The van der Waals surface area contributed by atoms with Gasteiger partial charge in [-0.2, -0.15) is 0 Å². The number of benzene rings is 1. The lowest BCUT2D eigenvalue weighted by Gasteiger charge is -2.11. The number of aromatic nitrogens is 3. The van der Waals surface area contributed by atoms with Gasteiger partial charge in [-0.3, -0.25) is 4.21 Å². The topological polar surface area (TPSA) is 47.8 Å². The van der Waals surface area contributed by atoms with Crippen LogP contribution in [0.15, 0.2) is 29.4 Å². The monoisotopic (exact) mass is 373 g/mol. The van der Waals surface area contributed by atoms with Gasteiger partial charge in [0.2, 0.25) is 5.16 Å². The van der Waals surface area contributed by atoms with Gasteiger partial charge in [-0.15, -0.1) is 0 Å². The standard InChI is InChI=1S/C20H24FN3OS/c1-5-12-24-14(3)13(2)18-19(24)17(22-20(23-18)26(4)25)11-8-15-6-9-16(21)10-7-15/h6-7,9-10H,5,8,11-12H2,1-4H3. The van der Waals surface area contributed by atoms with E-state index in [4.69, 9.17) is 0 Å². The van der Waals surface area contributed by atoms with Crippen LogP contribution in [0.1, 0.15) is 35.9 Å². The molecule has 0 fully saturated rings. The number of hydrogen-bond donors (Lipinski definition) is 0. The van der Waals surface area contributed by atoms with Crippen LogP contribution in [0.5, 0.6) is 0 Å². The first-order valence-electron chi connectivity index (χ1n) is 8.86. The maximum absolute atomic E-state index is 13.1. The Bertz CT molecular complexity index is 964. The smallest absolute Gasteiger partial charge is 0.219 e. The number of fused-ring (bicyclic) bond motifs is 1. The molecule has 3 aromatic rings. The summed E-state index contributed by atoms with van der Waals surface area (Å²) in [6, 6.07) is 6.55. The zero-order chi connectivity index (χ0) is 18.8. The first kappa shape index (κ1) is 18.7. The summed E-state index contributed by atoms with van der Waals surface area (Å²) in [5.74, 6) is -0.232. The summed E-state index contributed by atoms with van der Waals surface area (Å²) in [6.07, 6.45) is 4.07. The predicted molar refractivity (Wildman–Crippen MR) is 103 cm³/mol. The Balaban J connectivity index is 2.09. The molecule has 0 N–H and O–H groups in total. The molecule has 0 aliphatic rings. The highest BCUT2D eigenvalue weighted by Gasteiger charge is 2.19. The van der Waals surface area contributed by atoms with E-state index in [1.807, 2.05) is 0 Å². The first-order chi connectivity index (χ1) is 12.4. The molecule has 4 nitrogen and oxygen atoms in total. The lowest BCUT2D eigenvalue weighted by molar-refractivity contribution is 0.627. The third kappa shape index (κ3) is 3.56. The van der Waals surface area contributed by atoms with E-state index >= 15 is 0 Å². The van der Waals surface area contributed by atoms with Crippen molar-refractivity contribution >= 4 is 21.8 Å². The number of nitrogens with zero attached hydrogens (tertiary/aromatic N) is 3. The minimum atomic E-state index is -1.24. The van der Waals surface area contributed by atoms with Gasteiger partial charge in [0.25, 0.3) is 0 Å². The van der Waals surface area contributed by atoms with Crippen molar-refractivity contribution < 1.29 is 8.60 Å². The third-order valence-corrected chi connectivity index (χ3v) is 5.47. The molecule has 138 valence electrons.